The normalized spacial score (nSPS) is 10.5. The van der Waals surface area contributed by atoms with Crippen LogP contribution in [0.3, 0.4) is 0 Å². The zero-order valence-corrected chi connectivity index (χ0v) is 10.4. The summed E-state index contributed by atoms with van der Waals surface area (Å²) in [6.45, 7) is 2.12. The van der Waals surface area contributed by atoms with Crippen molar-refractivity contribution in [1.29, 1.82) is 0 Å². The molecule has 2 aromatic carbocycles. The highest BCUT2D eigenvalue weighted by atomic mass is 14.7. The van der Waals surface area contributed by atoms with Crippen LogP contribution in [0, 0.1) is 6.92 Å². The predicted octanol–water partition coefficient (Wildman–Crippen LogP) is 4.66. The van der Waals surface area contributed by atoms with E-state index in [2.05, 4.69) is 72.7 Å². The lowest BCUT2D eigenvalue weighted by Crippen LogP contribution is -1.77. The van der Waals surface area contributed by atoms with Crippen LogP contribution < -0.4 is 0 Å². The first kappa shape index (κ1) is 10.8. The first-order valence-corrected chi connectivity index (χ1v) is 6.14. The average Bonchev–Trinajstić information content (AvgIpc) is 2.89. The van der Waals surface area contributed by atoms with Gasteiger partial charge >= 0.3 is 0 Å². The SMILES string of the molecule is Cc1cccc(-c2cc(-c3ccccc3)c[nH]2)c1. The second kappa shape index (κ2) is 4.53. The Morgan fingerprint density at radius 3 is 2.28 bits per heavy atom. The van der Waals surface area contributed by atoms with Crippen LogP contribution in [0.25, 0.3) is 22.4 Å². The van der Waals surface area contributed by atoms with E-state index in [0.29, 0.717) is 0 Å². The molecule has 0 spiro atoms. The molecule has 0 amide bonds. The van der Waals surface area contributed by atoms with Gasteiger partial charge in [0.05, 0.1) is 0 Å². The monoisotopic (exact) mass is 233 g/mol. The summed E-state index contributed by atoms with van der Waals surface area (Å²) in [7, 11) is 0. The summed E-state index contributed by atoms with van der Waals surface area (Å²) in [5.74, 6) is 0. The van der Waals surface area contributed by atoms with Crippen LogP contribution in [-0.4, -0.2) is 4.98 Å². The third kappa shape index (κ3) is 2.07. The maximum absolute atomic E-state index is 3.35. The van der Waals surface area contributed by atoms with E-state index in [0.717, 1.165) is 5.69 Å². The summed E-state index contributed by atoms with van der Waals surface area (Å²) in [6.07, 6.45) is 2.06. The second-order valence-corrected chi connectivity index (χ2v) is 4.54. The Bertz CT molecular complexity index is 650. The molecule has 1 heteroatoms. The standard InChI is InChI=1S/C17H15N/c1-13-6-5-9-15(10-13)17-11-16(12-18-17)14-7-3-2-4-8-14/h2-12,18H,1H3. The van der Waals surface area contributed by atoms with Gasteiger partial charge < -0.3 is 4.98 Å². The maximum Gasteiger partial charge on any atom is 0.0460 e. The molecule has 1 N–H and O–H groups in total. The molecule has 1 nitrogen and oxygen atoms in total. The van der Waals surface area contributed by atoms with Crippen molar-refractivity contribution in [3.63, 3.8) is 0 Å². The molecule has 0 aliphatic rings. The molecule has 3 rings (SSSR count). The van der Waals surface area contributed by atoms with Crippen molar-refractivity contribution in [1.82, 2.24) is 4.98 Å². The first-order valence-electron chi connectivity index (χ1n) is 6.14. The summed E-state index contributed by atoms with van der Waals surface area (Å²) < 4.78 is 0. The van der Waals surface area contributed by atoms with E-state index in [1.165, 1.54) is 22.3 Å². The van der Waals surface area contributed by atoms with Gasteiger partial charge in [-0.1, -0.05) is 54.1 Å². The van der Waals surface area contributed by atoms with Crippen molar-refractivity contribution in [3.05, 3.63) is 72.4 Å². The van der Waals surface area contributed by atoms with Crippen LogP contribution in [0.2, 0.25) is 0 Å². The van der Waals surface area contributed by atoms with Crippen LogP contribution >= 0.6 is 0 Å². The van der Waals surface area contributed by atoms with Crippen LogP contribution in [-0.2, 0) is 0 Å². The highest BCUT2D eigenvalue weighted by molar-refractivity contribution is 5.71. The van der Waals surface area contributed by atoms with E-state index in [1.54, 1.807) is 0 Å². The van der Waals surface area contributed by atoms with E-state index in [4.69, 9.17) is 0 Å². The number of aromatic nitrogens is 1. The van der Waals surface area contributed by atoms with Crippen molar-refractivity contribution < 1.29 is 0 Å². The highest BCUT2D eigenvalue weighted by Crippen LogP contribution is 2.26. The van der Waals surface area contributed by atoms with Gasteiger partial charge in [0.15, 0.2) is 0 Å². The number of benzene rings is 2. The largest absolute Gasteiger partial charge is 0.361 e. The Kier molecular flexibility index (Phi) is 2.73. The number of aryl methyl sites for hydroxylation is 1. The third-order valence-electron chi connectivity index (χ3n) is 3.12. The zero-order valence-electron chi connectivity index (χ0n) is 10.4. The van der Waals surface area contributed by atoms with Crippen LogP contribution in [0.4, 0.5) is 0 Å². The van der Waals surface area contributed by atoms with Gasteiger partial charge in [0.25, 0.3) is 0 Å². The molecule has 0 unspecified atom stereocenters. The van der Waals surface area contributed by atoms with Gasteiger partial charge in [0.1, 0.15) is 0 Å². The molecule has 88 valence electrons. The minimum atomic E-state index is 1.16. The Balaban J connectivity index is 2.00. The van der Waals surface area contributed by atoms with Crippen molar-refractivity contribution in [3.8, 4) is 22.4 Å². The molecule has 1 aromatic heterocycles. The fourth-order valence-corrected chi connectivity index (χ4v) is 2.17. The summed E-state index contributed by atoms with van der Waals surface area (Å²) in [6, 6.07) is 21.2. The number of hydrogen-bond donors (Lipinski definition) is 1. The summed E-state index contributed by atoms with van der Waals surface area (Å²) >= 11 is 0. The molecule has 0 fully saturated rings. The van der Waals surface area contributed by atoms with Crippen LogP contribution in [0.1, 0.15) is 5.56 Å². The molecular formula is C17H15N. The number of H-pyrrole nitrogens is 1. The van der Waals surface area contributed by atoms with Crippen molar-refractivity contribution in [2.24, 2.45) is 0 Å². The smallest absolute Gasteiger partial charge is 0.0460 e. The second-order valence-electron chi connectivity index (χ2n) is 4.54. The third-order valence-corrected chi connectivity index (χ3v) is 3.12. The summed E-state index contributed by atoms with van der Waals surface area (Å²) in [5, 5.41) is 0. The fraction of sp³-hybridized carbons (Fsp3) is 0.0588. The lowest BCUT2D eigenvalue weighted by molar-refractivity contribution is 1.38. The van der Waals surface area contributed by atoms with Gasteiger partial charge in [-0.05, 0) is 35.7 Å². The number of nitrogens with one attached hydrogen (secondary N) is 1. The molecule has 0 aliphatic carbocycles. The Hall–Kier alpha value is -2.28. The van der Waals surface area contributed by atoms with E-state index >= 15 is 0 Å². The van der Waals surface area contributed by atoms with Gasteiger partial charge in [-0.15, -0.1) is 0 Å². The fourth-order valence-electron chi connectivity index (χ4n) is 2.17. The maximum atomic E-state index is 3.35. The Labute approximate surface area is 107 Å². The summed E-state index contributed by atoms with van der Waals surface area (Å²) in [4.78, 5) is 3.35. The minimum Gasteiger partial charge on any atom is -0.361 e. The van der Waals surface area contributed by atoms with Crippen molar-refractivity contribution in [2.45, 2.75) is 6.92 Å². The van der Waals surface area contributed by atoms with E-state index in [-0.39, 0.29) is 0 Å². The van der Waals surface area contributed by atoms with Crippen molar-refractivity contribution in [2.75, 3.05) is 0 Å². The molecule has 0 saturated carbocycles. The molecular weight excluding hydrogens is 218 g/mol. The van der Waals surface area contributed by atoms with Crippen LogP contribution in [0.5, 0.6) is 0 Å². The molecule has 0 atom stereocenters. The topological polar surface area (TPSA) is 15.8 Å². The Morgan fingerprint density at radius 2 is 1.50 bits per heavy atom. The number of rotatable bonds is 2. The lowest BCUT2D eigenvalue weighted by Gasteiger charge is -1.99. The molecule has 0 radical (unpaired) electrons. The molecule has 3 aromatic rings. The molecule has 1 heterocycles. The predicted molar refractivity (Wildman–Crippen MR) is 76.4 cm³/mol. The van der Waals surface area contributed by atoms with Crippen LogP contribution in [0.15, 0.2) is 66.9 Å². The zero-order chi connectivity index (χ0) is 12.4. The van der Waals surface area contributed by atoms with E-state index in [1.807, 2.05) is 6.07 Å². The minimum absolute atomic E-state index is 1.16. The van der Waals surface area contributed by atoms with Gasteiger partial charge in [0, 0.05) is 11.9 Å². The number of hydrogen-bond acceptors (Lipinski definition) is 0. The highest BCUT2D eigenvalue weighted by Gasteiger charge is 2.03. The van der Waals surface area contributed by atoms with Gasteiger partial charge in [-0.2, -0.15) is 0 Å². The molecule has 0 aliphatic heterocycles. The van der Waals surface area contributed by atoms with E-state index < -0.39 is 0 Å². The quantitative estimate of drug-likeness (QED) is 0.662. The molecule has 0 bridgehead atoms. The lowest BCUT2D eigenvalue weighted by atomic mass is 10.1. The number of aromatic amines is 1. The van der Waals surface area contributed by atoms with Gasteiger partial charge in [-0.3, -0.25) is 0 Å². The van der Waals surface area contributed by atoms with E-state index in [9.17, 15) is 0 Å². The molecule has 18 heavy (non-hydrogen) atoms. The van der Waals surface area contributed by atoms with Crippen molar-refractivity contribution >= 4 is 0 Å². The molecule has 0 saturated heterocycles. The van der Waals surface area contributed by atoms with Gasteiger partial charge in [-0.25, -0.2) is 0 Å². The Morgan fingerprint density at radius 1 is 0.722 bits per heavy atom. The van der Waals surface area contributed by atoms with Gasteiger partial charge in [0.2, 0.25) is 0 Å². The first-order chi connectivity index (χ1) is 8.83. The average molecular weight is 233 g/mol. The summed E-state index contributed by atoms with van der Waals surface area (Å²) in [5.41, 5.74) is 6.15.